The normalized spacial score (nSPS) is 10.8. The van der Waals surface area contributed by atoms with Crippen LogP contribution in [-0.2, 0) is 11.3 Å². The average Bonchev–Trinajstić information content (AvgIpc) is 3.20. The van der Waals surface area contributed by atoms with Gasteiger partial charge in [0.25, 0.3) is 0 Å². The minimum Gasteiger partial charge on any atom is -0.453 e. The number of ether oxygens (including phenoxy) is 1. The van der Waals surface area contributed by atoms with Crippen molar-refractivity contribution in [1.82, 2.24) is 25.1 Å². The largest absolute Gasteiger partial charge is 0.453 e. The number of amides is 1. The molecule has 0 unspecified atom stereocenters. The molecule has 2 heterocycles. The van der Waals surface area contributed by atoms with Crippen LogP contribution in [0.3, 0.4) is 0 Å². The number of nitrogens with zero attached hydrogens (tertiary/aromatic N) is 4. The molecule has 0 atom stereocenters. The van der Waals surface area contributed by atoms with E-state index < -0.39 is 5.82 Å². The number of pyridine rings is 1. The van der Waals surface area contributed by atoms with Crippen LogP contribution in [-0.4, -0.2) is 31.4 Å². The van der Waals surface area contributed by atoms with Crippen molar-refractivity contribution in [3.63, 3.8) is 0 Å². The Morgan fingerprint density at radius 2 is 1.97 bits per heavy atom. The predicted molar refractivity (Wildman–Crippen MR) is 129 cm³/mol. The highest BCUT2D eigenvalue weighted by Gasteiger charge is 2.15. The Morgan fingerprint density at radius 1 is 1.12 bits per heavy atom. The first-order valence-electron chi connectivity index (χ1n) is 10.7. The zero-order chi connectivity index (χ0) is 24.1. The van der Waals surface area contributed by atoms with Gasteiger partial charge in [-0.15, -0.1) is 10.2 Å². The molecule has 0 saturated heterocycles. The molecular weight excluding hydrogens is 453 g/mol. The minimum absolute atomic E-state index is 0.0970. The van der Waals surface area contributed by atoms with Gasteiger partial charge in [-0.2, -0.15) is 0 Å². The van der Waals surface area contributed by atoms with Crippen LogP contribution < -0.4 is 10.1 Å². The Morgan fingerprint density at radius 3 is 2.74 bits per heavy atom. The summed E-state index contributed by atoms with van der Waals surface area (Å²) in [6, 6.07) is 14.2. The highest BCUT2D eigenvalue weighted by Crippen LogP contribution is 2.26. The van der Waals surface area contributed by atoms with Crippen molar-refractivity contribution in [3.8, 4) is 17.2 Å². The van der Waals surface area contributed by atoms with E-state index in [-0.39, 0.29) is 24.0 Å². The first kappa shape index (κ1) is 23.4. The Hall–Kier alpha value is -3.72. The van der Waals surface area contributed by atoms with Crippen LogP contribution in [0.1, 0.15) is 22.5 Å². The van der Waals surface area contributed by atoms with Gasteiger partial charge in [-0.05, 0) is 67.8 Å². The van der Waals surface area contributed by atoms with Crippen molar-refractivity contribution in [2.45, 2.75) is 32.5 Å². The summed E-state index contributed by atoms with van der Waals surface area (Å²) in [5.74, 6) is 0.758. The number of carbonyl (C=O) groups is 1. The lowest BCUT2D eigenvalue weighted by Crippen LogP contribution is -2.24. The number of nitrogens with one attached hydrogen (secondary N) is 1. The van der Waals surface area contributed by atoms with Gasteiger partial charge in [0, 0.05) is 12.7 Å². The number of halogens is 1. The van der Waals surface area contributed by atoms with Gasteiger partial charge in [0.2, 0.25) is 5.91 Å². The predicted octanol–water partition coefficient (Wildman–Crippen LogP) is 4.93. The number of carbonyl (C=O) groups excluding carboxylic acids is 1. The third kappa shape index (κ3) is 5.60. The highest BCUT2D eigenvalue weighted by molar-refractivity contribution is 7.99. The molecular formula is C25H24FN5O2S. The van der Waals surface area contributed by atoms with Crippen molar-refractivity contribution in [2.75, 3.05) is 5.75 Å². The number of aryl methyl sites for hydroxylation is 3. The van der Waals surface area contributed by atoms with Gasteiger partial charge < -0.3 is 10.1 Å². The maximum Gasteiger partial charge on any atom is 0.230 e. The number of benzene rings is 2. The van der Waals surface area contributed by atoms with E-state index >= 15 is 0 Å². The Labute approximate surface area is 201 Å². The fraction of sp³-hybridized carbons (Fsp3) is 0.200. The molecule has 0 fully saturated rings. The summed E-state index contributed by atoms with van der Waals surface area (Å²) in [6.45, 7) is 6.14. The van der Waals surface area contributed by atoms with Gasteiger partial charge >= 0.3 is 0 Å². The summed E-state index contributed by atoms with van der Waals surface area (Å²) in [5, 5.41) is 11.9. The first-order valence-corrected chi connectivity index (χ1v) is 11.6. The summed E-state index contributed by atoms with van der Waals surface area (Å²) in [7, 11) is 0. The van der Waals surface area contributed by atoms with Gasteiger partial charge in [-0.3, -0.25) is 14.3 Å². The standard InChI is InChI=1S/C25H24FN5O2S/c1-16-6-7-17(2)22(11-16)31-18(3)29-30-25(31)34-15-24(32)28-13-19-8-9-23(21(26)12-19)33-20-5-4-10-27-14-20/h4-12,14H,13,15H2,1-3H3,(H,28,32). The third-order valence-electron chi connectivity index (χ3n) is 5.08. The zero-order valence-electron chi connectivity index (χ0n) is 19.1. The second kappa shape index (κ2) is 10.5. The molecule has 0 aliphatic heterocycles. The van der Waals surface area contributed by atoms with Crippen LogP contribution in [0.15, 0.2) is 66.1 Å². The minimum atomic E-state index is -0.512. The zero-order valence-corrected chi connectivity index (χ0v) is 19.9. The molecule has 4 rings (SSSR count). The Bertz CT molecular complexity index is 1310. The number of rotatable bonds is 8. The van der Waals surface area contributed by atoms with Crippen LogP contribution in [0.25, 0.3) is 5.69 Å². The highest BCUT2D eigenvalue weighted by atomic mass is 32.2. The first-order chi connectivity index (χ1) is 16.4. The molecule has 174 valence electrons. The smallest absolute Gasteiger partial charge is 0.230 e. The lowest BCUT2D eigenvalue weighted by atomic mass is 10.1. The summed E-state index contributed by atoms with van der Waals surface area (Å²) in [5.41, 5.74) is 3.85. The van der Waals surface area contributed by atoms with E-state index in [1.807, 2.05) is 25.3 Å². The fourth-order valence-electron chi connectivity index (χ4n) is 3.33. The van der Waals surface area contributed by atoms with Crippen LogP contribution in [0.5, 0.6) is 11.5 Å². The van der Waals surface area contributed by atoms with Crippen molar-refractivity contribution in [2.24, 2.45) is 0 Å². The van der Waals surface area contributed by atoms with E-state index in [1.54, 1.807) is 24.4 Å². The fourth-order valence-corrected chi connectivity index (χ4v) is 4.15. The topological polar surface area (TPSA) is 81.9 Å². The molecule has 34 heavy (non-hydrogen) atoms. The van der Waals surface area contributed by atoms with E-state index in [9.17, 15) is 9.18 Å². The van der Waals surface area contributed by atoms with Crippen LogP contribution >= 0.6 is 11.8 Å². The van der Waals surface area contributed by atoms with Gasteiger partial charge in [-0.1, -0.05) is 30.0 Å². The van der Waals surface area contributed by atoms with Gasteiger partial charge in [0.1, 0.15) is 11.6 Å². The van der Waals surface area contributed by atoms with Crippen LogP contribution in [0.2, 0.25) is 0 Å². The maximum atomic E-state index is 14.4. The average molecular weight is 478 g/mol. The van der Waals surface area contributed by atoms with E-state index in [4.69, 9.17) is 4.74 Å². The van der Waals surface area contributed by atoms with Crippen LogP contribution in [0, 0.1) is 26.6 Å². The molecule has 2 aromatic carbocycles. The lowest BCUT2D eigenvalue weighted by molar-refractivity contribution is -0.118. The van der Waals surface area contributed by atoms with E-state index in [0.29, 0.717) is 16.5 Å². The second-order valence-electron chi connectivity index (χ2n) is 7.78. The molecule has 1 N–H and O–H groups in total. The molecule has 1 amide bonds. The molecule has 0 spiro atoms. The van der Waals surface area contributed by atoms with Crippen molar-refractivity contribution in [1.29, 1.82) is 0 Å². The second-order valence-corrected chi connectivity index (χ2v) is 8.72. The SMILES string of the molecule is Cc1ccc(C)c(-n2c(C)nnc2SCC(=O)NCc2ccc(Oc3cccnc3)c(F)c2)c1. The van der Waals surface area contributed by atoms with Gasteiger partial charge in [0.05, 0.1) is 17.6 Å². The molecule has 0 saturated carbocycles. The quantitative estimate of drug-likeness (QED) is 0.363. The van der Waals surface area contributed by atoms with Gasteiger partial charge in [-0.25, -0.2) is 4.39 Å². The van der Waals surface area contributed by atoms with E-state index in [2.05, 4.69) is 38.7 Å². The summed E-state index contributed by atoms with van der Waals surface area (Å²) < 4.78 is 21.9. The molecule has 0 aliphatic rings. The Kier molecular flexibility index (Phi) is 7.22. The van der Waals surface area contributed by atoms with Crippen molar-refractivity contribution < 1.29 is 13.9 Å². The number of aromatic nitrogens is 4. The molecule has 0 bridgehead atoms. The molecule has 0 radical (unpaired) electrons. The number of thioether (sulfide) groups is 1. The third-order valence-corrected chi connectivity index (χ3v) is 6.01. The monoisotopic (exact) mass is 477 g/mol. The van der Waals surface area contributed by atoms with E-state index in [1.165, 1.54) is 30.1 Å². The summed E-state index contributed by atoms with van der Waals surface area (Å²) in [6.07, 6.45) is 3.12. The van der Waals surface area contributed by atoms with Crippen molar-refractivity contribution >= 4 is 17.7 Å². The molecule has 2 aromatic heterocycles. The van der Waals surface area contributed by atoms with E-state index in [0.717, 1.165) is 22.6 Å². The summed E-state index contributed by atoms with van der Waals surface area (Å²) in [4.78, 5) is 16.4. The molecule has 7 nitrogen and oxygen atoms in total. The lowest BCUT2D eigenvalue weighted by Gasteiger charge is -2.12. The summed E-state index contributed by atoms with van der Waals surface area (Å²) >= 11 is 1.30. The molecule has 9 heteroatoms. The maximum absolute atomic E-state index is 14.4. The molecule has 4 aromatic rings. The number of hydrogen-bond acceptors (Lipinski definition) is 6. The Balaban J connectivity index is 1.35. The number of hydrogen-bond donors (Lipinski definition) is 1. The van der Waals surface area contributed by atoms with Crippen molar-refractivity contribution in [3.05, 3.63) is 89.3 Å². The molecule has 0 aliphatic carbocycles. The van der Waals surface area contributed by atoms with Crippen LogP contribution in [0.4, 0.5) is 4.39 Å². The van der Waals surface area contributed by atoms with Gasteiger partial charge in [0.15, 0.2) is 16.7 Å².